The standard InChI is InChI=1S/C25H31NO3/c1-25(2,3)20-10-6-18(7-11-20)8-13-24(27)26-14-4-5-21(26)19-9-12-22-23(17-19)29-16-15-28-22/h6-7,9-12,17,21H,4-5,8,13-16H2,1-3H3. The van der Waals surface area contributed by atoms with E-state index in [1.54, 1.807) is 0 Å². The Morgan fingerprint density at radius 3 is 2.48 bits per heavy atom. The molecule has 0 radical (unpaired) electrons. The number of ether oxygens (including phenoxy) is 2. The Morgan fingerprint density at radius 2 is 1.76 bits per heavy atom. The molecule has 0 aliphatic carbocycles. The Balaban J connectivity index is 1.40. The van der Waals surface area contributed by atoms with E-state index in [9.17, 15) is 4.79 Å². The number of amides is 1. The number of nitrogens with zero attached hydrogens (tertiary/aromatic N) is 1. The number of likely N-dealkylation sites (tertiary alicyclic amines) is 1. The third-order valence-electron chi connectivity index (χ3n) is 5.97. The Morgan fingerprint density at radius 1 is 1.03 bits per heavy atom. The first-order valence-corrected chi connectivity index (χ1v) is 10.7. The zero-order valence-electron chi connectivity index (χ0n) is 17.7. The van der Waals surface area contributed by atoms with Crippen LogP contribution in [0.4, 0.5) is 0 Å². The second-order valence-corrected chi connectivity index (χ2v) is 9.10. The average Bonchev–Trinajstić information content (AvgIpc) is 3.21. The van der Waals surface area contributed by atoms with Crippen molar-refractivity contribution in [3.05, 3.63) is 59.2 Å². The van der Waals surface area contributed by atoms with Crippen molar-refractivity contribution in [1.29, 1.82) is 0 Å². The molecule has 4 nitrogen and oxygen atoms in total. The molecule has 2 aliphatic rings. The van der Waals surface area contributed by atoms with E-state index in [0.717, 1.165) is 42.9 Å². The molecule has 2 aromatic rings. The van der Waals surface area contributed by atoms with E-state index in [1.807, 2.05) is 6.07 Å². The molecular weight excluding hydrogens is 362 g/mol. The lowest BCUT2D eigenvalue weighted by Gasteiger charge is -2.27. The van der Waals surface area contributed by atoms with Crippen LogP contribution < -0.4 is 9.47 Å². The average molecular weight is 394 g/mol. The van der Waals surface area contributed by atoms with Crippen molar-refractivity contribution >= 4 is 5.91 Å². The van der Waals surface area contributed by atoms with Crippen molar-refractivity contribution in [3.8, 4) is 11.5 Å². The predicted molar refractivity (Wildman–Crippen MR) is 115 cm³/mol. The zero-order valence-corrected chi connectivity index (χ0v) is 17.7. The van der Waals surface area contributed by atoms with Crippen molar-refractivity contribution in [2.75, 3.05) is 19.8 Å². The number of hydrogen-bond donors (Lipinski definition) is 0. The van der Waals surface area contributed by atoms with Gasteiger partial charge in [0.25, 0.3) is 0 Å². The molecule has 0 bridgehead atoms. The molecule has 1 atom stereocenters. The summed E-state index contributed by atoms with van der Waals surface area (Å²) in [5.74, 6) is 1.84. The van der Waals surface area contributed by atoms with Crippen molar-refractivity contribution in [3.63, 3.8) is 0 Å². The Kier molecular flexibility index (Phi) is 5.53. The Hall–Kier alpha value is -2.49. The van der Waals surface area contributed by atoms with Crippen molar-refractivity contribution in [1.82, 2.24) is 4.90 Å². The Bertz CT molecular complexity index is 867. The minimum absolute atomic E-state index is 0.140. The molecule has 4 rings (SSSR count). The number of fused-ring (bicyclic) bond motifs is 1. The minimum Gasteiger partial charge on any atom is -0.486 e. The van der Waals surface area contributed by atoms with Gasteiger partial charge in [0.15, 0.2) is 11.5 Å². The number of rotatable bonds is 4. The van der Waals surface area contributed by atoms with Crippen LogP contribution in [0.1, 0.15) is 62.8 Å². The van der Waals surface area contributed by atoms with Gasteiger partial charge in [-0.2, -0.15) is 0 Å². The fourth-order valence-corrected chi connectivity index (χ4v) is 4.25. The maximum Gasteiger partial charge on any atom is 0.223 e. The molecule has 29 heavy (non-hydrogen) atoms. The van der Waals surface area contributed by atoms with Crippen LogP contribution >= 0.6 is 0 Å². The van der Waals surface area contributed by atoms with Gasteiger partial charge < -0.3 is 14.4 Å². The Labute approximate surface area is 173 Å². The molecule has 1 amide bonds. The molecule has 2 heterocycles. The van der Waals surface area contributed by atoms with Crippen LogP contribution in [0.25, 0.3) is 0 Å². The molecule has 0 saturated carbocycles. The first kappa shape index (κ1) is 19.8. The highest BCUT2D eigenvalue weighted by atomic mass is 16.6. The monoisotopic (exact) mass is 393 g/mol. The molecular formula is C25H31NO3. The number of hydrogen-bond acceptors (Lipinski definition) is 3. The summed E-state index contributed by atoms with van der Waals surface area (Å²) >= 11 is 0. The molecule has 2 aromatic carbocycles. The molecule has 1 fully saturated rings. The van der Waals surface area contributed by atoms with Gasteiger partial charge >= 0.3 is 0 Å². The molecule has 4 heteroatoms. The lowest BCUT2D eigenvalue weighted by Crippen LogP contribution is -2.30. The highest BCUT2D eigenvalue weighted by molar-refractivity contribution is 5.77. The van der Waals surface area contributed by atoms with Gasteiger partial charge in [0, 0.05) is 13.0 Å². The number of benzene rings is 2. The van der Waals surface area contributed by atoms with E-state index in [4.69, 9.17) is 9.47 Å². The van der Waals surface area contributed by atoms with Gasteiger partial charge in [-0.25, -0.2) is 0 Å². The van der Waals surface area contributed by atoms with Gasteiger partial charge in [-0.05, 0) is 53.5 Å². The van der Waals surface area contributed by atoms with Gasteiger partial charge in [-0.3, -0.25) is 4.79 Å². The minimum atomic E-state index is 0.140. The van der Waals surface area contributed by atoms with Gasteiger partial charge in [-0.15, -0.1) is 0 Å². The maximum atomic E-state index is 13.0. The van der Waals surface area contributed by atoms with Crippen LogP contribution in [-0.4, -0.2) is 30.6 Å². The summed E-state index contributed by atoms with van der Waals surface area (Å²) in [7, 11) is 0. The van der Waals surface area contributed by atoms with Crippen LogP contribution in [0.15, 0.2) is 42.5 Å². The number of carbonyl (C=O) groups is 1. The summed E-state index contributed by atoms with van der Waals surface area (Å²) in [4.78, 5) is 15.0. The van der Waals surface area contributed by atoms with Crippen LogP contribution in [0.5, 0.6) is 11.5 Å². The summed E-state index contributed by atoms with van der Waals surface area (Å²) in [6.45, 7) is 8.67. The fourth-order valence-electron chi connectivity index (χ4n) is 4.25. The molecule has 154 valence electrons. The van der Waals surface area contributed by atoms with E-state index >= 15 is 0 Å². The van der Waals surface area contributed by atoms with Crippen LogP contribution in [0.3, 0.4) is 0 Å². The topological polar surface area (TPSA) is 38.8 Å². The fraction of sp³-hybridized carbons (Fsp3) is 0.480. The molecule has 0 aromatic heterocycles. The third kappa shape index (κ3) is 4.42. The largest absolute Gasteiger partial charge is 0.486 e. The second kappa shape index (κ2) is 8.10. The first-order chi connectivity index (χ1) is 13.9. The SMILES string of the molecule is CC(C)(C)c1ccc(CCC(=O)N2CCCC2c2ccc3c(c2)OCCO3)cc1. The van der Waals surface area contributed by atoms with Gasteiger partial charge in [0.1, 0.15) is 13.2 Å². The highest BCUT2D eigenvalue weighted by Crippen LogP contribution is 2.38. The first-order valence-electron chi connectivity index (χ1n) is 10.7. The summed E-state index contributed by atoms with van der Waals surface area (Å²) in [5.41, 5.74) is 3.85. The van der Waals surface area contributed by atoms with Crippen molar-refractivity contribution in [2.24, 2.45) is 0 Å². The summed E-state index contributed by atoms with van der Waals surface area (Å²) < 4.78 is 11.4. The summed E-state index contributed by atoms with van der Waals surface area (Å²) in [5, 5.41) is 0. The molecule has 2 aliphatic heterocycles. The molecule has 0 N–H and O–H groups in total. The summed E-state index contributed by atoms with van der Waals surface area (Å²) in [6.07, 6.45) is 3.39. The van der Waals surface area contributed by atoms with Crippen LogP contribution in [0.2, 0.25) is 0 Å². The van der Waals surface area contributed by atoms with E-state index < -0.39 is 0 Å². The zero-order chi connectivity index (χ0) is 20.4. The van der Waals surface area contributed by atoms with E-state index in [1.165, 1.54) is 11.1 Å². The second-order valence-electron chi connectivity index (χ2n) is 9.10. The predicted octanol–water partition coefficient (Wildman–Crippen LogP) is 5.05. The van der Waals surface area contributed by atoms with Crippen LogP contribution in [0, 0.1) is 0 Å². The number of aryl methyl sites for hydroxylation is 1. The van der Waals surface area contributed by atoms with E-state index in [0.29, 0.717) is 19.6 Å². The van der Waals surface area contributed by atoms with Crippen molar-refractivity contribution in [2.45, 2.75) is 57.9 Å². The van der Waals surface area contributed by atoms with Crippen LogP contribution in [-0.2, 0) is 16.6 Å². The lowest BCUT2D eigenvalue weighted by atomic mass is 9.86. The normalized spacial score (nSPS) is 18.7. The van der Waals surface area contributed by atoms with Gasteiger partial charge in [0.05, 0.1) is 6.04 Å². The quantitative estimate of drug-likeness (QED) is 0.729. The molecule has 1 unspecified atom stereocenters. The van der Waals surface area contributed by atoms with E-state index in [2.05, 4.69) is 62.1 Å². The van der Waals surface area contributed by atoms with Gasteiger partial charge in [0.2, 0.25) is 5.91 Å². The smallest absolute Gasteiger partial charge is 0.223 e. The summed E-state index contributed by atoms with van der Waals surface area (Å²) in [6, 6.07) is 14.9. The third-order valence-corrected chi connectivity index (χ3v) is 5.97. The number of carbonyl (C=O) groups excluding carboxylic acids is 1. The van der Waals surface area contributed by atoms with Gasteiger partial charge in [-0.1, -0.05) is 51.1 Å². The lowest BCUT2D eigenvalue weighted by molar-refractivity contribution is -0.132. The van der Waals surface area contributed by atoms with E-state index in [-0.39, 0.29) is 17.4 Å². The molecule has 0 spiro atoms. The van der Waals surface area contributed by atoms with Crippen molar-refractivity contribution < 1.29 is 14.3 Å². The molecule has 1 saturated heterocycles. The highest BCUT2D eigenvalue weighted by Gasteiger charge is 2.30. The maximum absolute atomic E-state index is 13.0.